The first-order valence-corrected chi connectivity index (χ1v) is 6.96. The predicted octanol–water partition coefficient (Wildman–Crippen LogP) is 1.77. The fraction of sp³-hybridized carbons (Fsp3) is 0.714. The van der Waals surface area contributed by atoms with E-state index in [1.807, 2.05) is 13.8 Å². The van der Waals surface area contributed by atoms with E-state index in [0.717, 1.165) is 6.42 Å². The number of hydrogen-bond donors (Lipinski definition) is 3. The van der Waals surface area contributed by atoms with Crippen molar-refractivity contribution >= 4 is 12.0 Å². The van der Waals surface area contributed by atoms with Crippen LogP contribution in [-0.4, -0.2) is 43.4 Å². The lowest BCUT2D eigenvalue weighted by atomic mass is 9.82. The van der Waals surface area contributed by atoms with Crippen molar-refractivity contribution in [3.63, 3.8) is 0 Å². The van der Waals surface area contributed by atoms with Crippen LogP contribution in [-0.2, 0) is 9.53 Å². The molecule has 0 spiro atoms. The van der Waals surface area contributed by atoms with Gasteiger partial charge in [0.15, 0.2) is 0 Å². The Morgan fingerprint density at radius 1 is 1.25 bits per heavy atom. The summed E-state index contributed by atoms with van der Waals surface area (Å²) in [5, 5.41) is 14.5. The highest BCUT2D eigenvalue weighted by Crippen LogP contribution is 2.25. The van der Waals surface area contributed by atoms with Crippen LogP contribution < -0.4 is 10.6 Å². The van der Waals surface area contributed by atoms with Crippen molar-refractivity contribution in [2.24, 2.45) is 5.41 Å². The molecule has 0 aliphatic heterocycles. The van der Waals surface area contributed by atoms with E-state index in [9.17, 15) is 14.7 Å². The van der Waals surface area contributed by atoms with Gasteiger partial charge in [-0.15, -0.1) is 6.58 Å². The number of aliphatic carboxylic acids is 1. The van der Waals surface area contributed by atoms with Gasteiger partial charge in [0.2, 0.25) is 0 Å². The summed E-state index contributed by atoms with van der Waals surface area (Å²) in [7, 11) is 0. The summed E-state index contributed by atoms with van der Waals surface area (Å²) >= 11 is 0. The molecule has 0 unspecified atom stereocenters. The summed E-state index contributed by atoms with van der Waals surface area (Å²) in [6.45, 7) is 8.72. The highest BCUT2D eigenvalue weighted by molar-refractivity contribution is 5.78. The molecule has 0 aromatic carbocycles. The van der Waals surface area contributed by atoms with Crippen molar-refractivity contribution in [2.45, 2.75) is 33.1 Å². The Labute approximate surface area is 120 Å². The molecule has 0 atom stereocenters. The maximum absolute atomic E-state index is 11.5. The molecular weight excluding hydrogens is 260 g/mol. The lowest BCUT2D eigenvalue weighted by Crippen LogP contribution is -2.46. The fourth-order valence-electron chi connectivity index (χ4n) is 1.70. The van der Waals surface area contributed by atoms with E-state index in [1.54, 1.807) is 6.08 Å². The topological polar surface area (TPSA) is 87.7 Å². The molecule has 116 valence electrons. The molecule has 0 rings (SSSR count). The zero-order valence-electron chi connectivity index (χ0n) is 12.4. The van der Waals surface area contributed by atoms with E-state index in [0.29, 0.717) is 32.6 Å². The summed E-state index contributed by atoms with van der Waals surface area (Å²) in [4.78, 5) is 22.8. The zero-order chi connectivity index (χ0) is 15.4. The van der Waals surface area contributed by atoms with Crippen LogP contribution in [0, 0.1) is 5.41 Å². The van der Waals surface area contributed by atoms with Gasteiger partial charge in [0, 0.05) is 13.1 Å². The average Bonchev–Trinajstić information content (AvgIpc) is 2.44. The molecular formula is C14H26N2O4. The van der Waals surface area contributed by atoms with Crippen LogP contribution >= 0.6 is 0 Å². The Morgan fingerprint density at radius 2 is 1.90 bits per heavy atom. The number of ether oxygens (including phenoxy) is 1. The van der Waals surface area contributed by atoms with E-state index < -0.39 is 11.4 Å². The molecule has 0 heterocycles. The molecule has 0 radical (unpaired) electrons. The Bertz CT molecular complexity index is 314. The van der Waals surface area contributed by atoms with Crippen molar-refractivity contribution in [3.8, 4) is 0 Å². The SMILES string of the molecule is C=CCCOCCNC(=O)NCC(CC)(CC)C(=O)O. The Kier molecular flexibility index (Phi) is 9.45. The molecule has 2 amide bonds. The van der Waals surface area contributed by atoms with Crippen molar-refractivity contribution in [2.75, 3.05) is 26.3 Å². The third kappa shape index (κ3) is 6.56. The number of carbonyl (C=O) groups is 2. The molecule has 6 heteroatoms. The minimum atomic E-state index is -0.891. The molecule has 0 aliphatic rings. The molecule has 0 aromatic rings. The van der Waals surface area contributed by atoms with Crippen LogP contribution in [0.2, 0.25) is 0 Å². The largest absolute Gasteiger partial charge is 0.481 e. The summed E-state index contributed by atoms with van der Waals surface area (Å²) < 4.78 is 5.24. The van der Waals surface area contributed by atoms with Gasteiger partial charge in [0.25, 0.3) is 0 Å². The predicted molar refractivity (Wildman–Crippen MR) is 77.7 cm³/mol. The quantitative estimate of drug-likeness (QED) is 0.399. The van der Waals surface area contributed by atoms with Crippen molar-refractivity contribution in [1.82, 2.24) is 10.6 Å². The second-order valence-electron chi connectivity index (χ2n) is 4.59. The first kappa shape index (κ1) is 18.4. The van der Waals surface area contributed by atoms with E-state index in [-0.39, 0.29) is 12.6 Å². The molecule has 3 N–H and O–H groups in total. The highest BCUT2D eigenvalue weighted by Gasteiger charge is 2.35. The number of amides is 2. The van der Waals surface area contributed by atoms with Crippen LogP contribution in [0.25, 0.3) is 0 Å². The van der Waals surface area contributed by atoms with Crippen molar-refractivity contribution in [1.29, 1.82) is 0 Å². The van der Waals surface area contributed by atoms with Crippen molar-refractivity contribution in [3.05, 3.63) is 12.7 Å². The fourth-order valence-corrected chi connectivity index (χ4v) is 1.70. The van der Waals surface area contributed by atoms with Gasteiger partial charge in [-0.2, -0.15) is 0 Å². The second kappa shape index (κ2) is 10.3. The van der Waals surface area contributed by atoms with Gasteiger partial charge in [-0.05, 0) is 19.3 Å². The number of nitrogens with one attached hydrogen (secondary N) is 2. The van der Waals surface area contributed by atoms with Gasteiger partial charge in [0.05, 0.1) is 18.6 Å². The van der Waals surface area contributed by atoms with E-state index in [2.05, 4.69) is 17.2 Å². The zero-order valence-corrected chi connectivity index (χ0v) is 12.4. The third-order valence-corrected chi connectivity index (χ3v) is 3.39. The van der Waals surface area contributed by atoms with Crippen LogP contribution in [0.3, 0.4) is 0 Å². The summed E-state index contributed by atoms with van der Waals surface area (Å²) in [6, 6.07) is -0.371. The molecule has 0 saturated heterocycles. The number of carbonyl (C=O) groups excluding carboxylic acids is 1. The van der Waals surface area contributed by atoms with Crippen molar-refractivity contribution < 1.29 is 19.4 Å². The van der Waals surface area contributed by atoms with Gasteiger partial charge in [-0.3, -0.25) is 4.79 Å². The Balaban J connectivity index is 3.91. The number of hydrogen-bond acceptors (Lipinski definition) is 3. The van der Waals surface area contributed by atoms with Crippen LogP contribution in [0.5, 0.6) is 0 Å². The van der Waals surface area contributed by atoms with Gasteiger partial charge >= 0.3 is 12.0 Å². The van der Waals surface area contributed by atoms with Crippen LogP contribution in [0.1, 0.15) is 33.1 Å². The van der Waals surface area contributed by atoms with Gasteiger partial charge in [-0.1, -0.05) is 19.9 Å². The maximum atomic E-state index is 11.5. The minimum Gasteiger partial charge on any atom is -0.481 e. The number of carboxylic acid groups (broad SMARTS) is 1. The standard InChI is InChI=1S/C14H26N2O4/c1-4-7-9-20-10-8-15-13(19)16-11-14(5-2,6-3)12(17)18/h4H,1,5-11H2,2-3H3,(H,17,18)(H2,15,16,19). The summed E-state index contributed by atoms with van der Waals surface area (Å²) in [6.07, 6.45) is 3.50. The van der Waals surface area contributed by atoms with E-state index >= 15 is 0 Å². The number of carboxylic acids is 1. The maximum Gasteiger partial charge on any atom is 0.314 e. The smallest absolute Gasteiger partial charge is 0.314 e. The van der Waals surface area contributed by atoms with E-state index in [4.69, 9.17) is 4.74 Å². The first-order chi connectivity index (χ1) is 9.52. The second-order valence-corrected chi connectivity index (χ2v) is 4.59. The Morgan fingerprint density at radius 3 is 2.40 bits per heavy atom. The number of urea groups is 1. The lowest BCUT2D eigenvalue weighted by Gasteiger charge is -2.26. The summed E-state index contributed by atoms with van der Waals surface area (Å²) in [5.74, 6) is -0.879. The summed E-state index contributed by atoms with van der Waals surface area (Å²) in [5.41, 5.74) is -0.891. The molecule has 6 nitrogen and oxygen atoms in total. The van der Waals surface area contributed by atoms with Gasteiger partial charge < -0.3 is 20.5 Å². The molecule has 0 bridgehead atoms. The van der Waals surface area contributed by atoms with Gasteiger partial charge in [-0.25, -0.2) is 4.79 Å². The Hall–Kier alpha value is -1.56. The minimum absolute atomic E-state index is 0.123. The average molecular weight is 286 g/mol. The third-order valence-electron chi connectivity index (χ3n) is 3.39. The lowest BCUT2D eigenvalue weighted by molar-refractivity contribution is -0.149. The monoisotopic (exact) mass is 286 g/mol. The molecule has 0 aromatic heterocycles. The molecule has 20 heavy (non-hydrogen) atoms. The molecule has 0 saturated carbocycles. The normalized spacial score (nSPS) is 10.9. The number of rotatable bonds is 11. The van der Waals surface area contributed by atoms with E-state index in [1.165, 1.54) is 0 Å². The van der Waals surface area contributed by atoms with Crippen LogP contribution in [0.15, 0.2) is 12.7 Å². The molecule has 0 fully saturated rings. The first-order valence-electron chi connectivity index (χ1n) is 6.96. The molecule has 0 aliphatic carbocycles. The highest BCUT2D eigenvalue weighted by atomic mass is 16.5. The van der Waals surface area contributed by atoms with Crippen LogP contribution in [0.4, 0.5) is 4.79 Å². The van der Waals surface area contributed by atoms with Gasteiger partial charge in [0.1, 0.15) is 0 Å².